The molecule has 0 saturated heterocycles. The van der Waals surface area contributed by atoms with Gasteiger partial charge in [-0.15, -0.1) is 23.1 Å². The average Bonchev–Trinajstić information content (AvgIpc) is 3.15. The lowest BCUT2D eigenvalue weighted by Gasteiger charge is -2.05. The Balaban J connectivity index is 1.53. The van der Waals surface area contributed by atoms with E-state index in [2.05, 4.69) is 23.5 Å². The molecule has 1 aliphatic carbocycles. The number of amides is 2. The molecular formula is C16H15NO2S2. The number of hydrogen-bond acceptors (Lipinski definition) is 4. The molecule has 0 radical (unpaired) electrons. The number of aryl methyl sites for hydroxylation is 2. The van der Waals surface area contributed by atoms with E-state index in [0.29, 0.717) is 4.88 Å². The third-order valence-corrected chi connectivity index (χ3v) is 5.30. The maximum absolute atomic E-state index is 11.8. The number of thiophene rings is 1. The van der Waals surface area contributed by atoms with Crippen molar-refractivity contribution in [3.63, 3.8) is 0 Å². The highest BCUT2D eigenvalue weighted by Crippen LogP contribution is 2.27. The molecule has 1 aromatic heterocycles. The molecule has 3 rings (SSSR count). The first kappa shape index (κ1) is 14.4. The second-order valence-corrected chi connectivity index (χ2v) is 6.92. The van der Waals surface area contributed by atoms with E-state index in [0.717, 1.165) is 17.7 Å². The first-order valence-corrected chi connectivity index (χ1v) is 8.71. The standard InChI is InChI=1S/C16H15NO2S2/c18-15(17-16(19)14-5-2-8-20-14)10-21-13-7-6-11-3-1-4-12(11)9-13/h2,5-9H,1,3-4,10H2,(H,17,18,19). The summed E-state index contributed by atoms with van der Waals surface area (Å²) >= 11 is 2.80. The van der Waals surface area contributed by atoms with Gasteiger partial charge in [0.1, 0.15) is 0 Å². The Morgan fingerprint density at radius 3 is 2.86 bits per heavy atom. The minimum absolute atomic E-state index is 0.251. The summed E-state index contributed by atoms with van der Waals surface area (Å²) in [5.74, 6) is -0.306. The summed E-state index contributed by atoms with van der Waals surface area (Å²) < 4.78 is 0. The quantitative estimate of drug-likeness (QED) is 0.880. The average molecular weight is 317 g/mol. The Morgan fingerprint density at radius 2 is 2.05 bits per heavy atom. The summed E-state index contributed by atoms with van der Waals surface area (Å²) in [5.41, 5.74) is 2.83. The van der Waals surface area contributed by atoms with Crippen LogP contribution in [0.25, 0.3) is 0 Å². The fourth-order valence-corrected chi connectivity index (χ4v) is 3.80. The van der Waals surface area contributed by atoms with E-state index in [1.807, 2.05) is 5.38 Å². The fourth-order valence-electron chi connectivity index (χ4n) is 2.42. The Hall–Kier alpha value is -1.59. The van der Waals surface area contributed by atoms with Crippen LogP contribution in [0.4, 0.5) is 0 Å². The van der Waals surface area contributed by atoms with Crippen molar-refractivity contribution in [2.45, 2.75) is 24.2 Å². The van der Waals surface area contributed by atoms with Crippen LogP contribution in [0.2, 0.25) is 0 Å². The van der Waals surface area contributed by atoms with Gasteiger partial charge in [0, 0.05) is 4.90 Å². The Labute approximate surface area is 131 Å². The van der Waals surface area contributed by atoms with Crippen molar-refractivity contribution in [1.82, 2.24) is 5.32 Å². The van der Waals surface area contributed by atoms with Crippen LogP contribution in [-0.2, 0) is 17.6 Å². The Kier molecular flexibility index (Phi) is 4.41. The molecule has 0 bridgehead atoms. The van der Waals surface area contributed by atoms with Crippen LogP contribution in [0.15, 0.2) is 40.6 Å². The van der Waals surface area contributed by atoms with Crippen LogP contribution in [-0.4, -0.2) is 17.6 Å². The predicted octanol–water partition coefficient (Wildman–Crippen LogP) is 3.29. The Bertz CT molecular complexity index is 665. The Morgan fingerprint density at radius 1 is 1.19 bits per heavy atom. The van der Waals surface area contributed by atoms with E-state index in [4.69, 9.17) is 0 Å². The van der Waals surface area contributed by atoms with E-state index in [9.17, 15) is 9.59 Å². The highest BCUT2D eigenvalue weighted by Gasteiger charge is 2.13. The zero-order chi connectivity index (χ0) is 14.7. The maximum Gasteiger partial charge on any atom is 0.267 e. The third-order valence-electron chi connectivity index (χ3n) is 3.44. The number of fused-ring (bicyclic) bond motifs is 1. The number of carbonyl (C=O) groups is 2. The van der Waals surface area contributed by atoms with Crippen LogP contribution >= 0.6 is 23.1 Å². The summed E-state index contributed by atoms with van der Waals surface area (Å²) in [5, 5.41) is 4.23. The molecule has 0 fully saturated rings. The third kappa shape index (κ3) is 3.54. The molecule has 2 aromatic rings. The van der Waals surface area contributed by atoms with Crippen molar-refractivity contribution in [2.75, 3.05) is 5.75 Å². The lowest BCUT2D eigenvalue weighted by molar-refractivity contribution is -0.117. The highest BCUT2D eigenvalue weighted by molar-refractivity contribution is 8.00. The summed E-state index contributed by atoms with van der Waals surface area (Å²) in [4.78, 5) is 25.2. The van der Waals surface area contributed by atoms with Gasteiger partial charge in [-0.3, -0.25) is 14.9 Å². The van der Waals surface area contributed by atoms with Crippen molar-refractivity contribution in [3.05, 3.63) is 51.7 Å². The zero-order valence-corrected chi connectivity index (χ0v) is 13.1. The van der Waals surface area contributed by atoms with Gasteiger partial charge < -0.3 is 0 Å². The fraction of sp³-hybridized carbons (Fsp3) is 0.250. The molecule has 1 aromatic carbocycles. The van der Waals surface area contributed by atoms with Crippen molar-refractivity contribution in [3.8, 4) is 0 Å². The molecule has 5 heteroatoms. The molecule has 2 amide bonds. The summed E-state index contributed by atoms with van der Waals surface area (Å²) in [6.45, 7) is 0. The van der Waals surface area contributed by atoms with E-state index in [1.54, 1.807) is 12.1 Å². The molecule has 0 saturated carbocycles. The van der Waals surface area contributed by atoms with Gasteiger partial charge in [-0.1, -0.05) is 12.1 Å². The number of rotatable bonds is 4. The summed E-state index contributed by atoms with van der Waals surface area (Å²) in [6, 6.07) is 9.88. The van der Waals surface area contributed by atoms with Gasteiger partial charge in [-0.25, -0.2) is 0 Å². The number of thioether (sulfide) groups is 1. The van der Waals surface area contributed by atoms with Crippen LogP contribution in [0.3, 0.4) is 0 Å². The van der Waals surface area contributed by atoms with Gasteiger partial charge in [-0.05, 0) is 54.0 Å². The van der Waals surface area contributed by atoms with E-state index >= 15 is 0 Å². The van der Waals surface area contributed by atoms with Crippen molar-refractivity contribution in [1.29, 1.82) is 0 Å². The van der Waals surface area contributed by atoms with Crippen LogP contribution in [0.5, 0.6) is 0 Å². The topological polar surface area (TPSA) is 46.2 Å². The number of carbonyl (C=O) groups excluding carboxylic acids is 2. The lowest BCUT2D eigenvalue weighted by Crippen LogP contribution is -2.31. The highest BCUT2D eigenvalue weighted by atomic mass is 32.2. The smallest absolute Gasteiger partial charge is 0.267 e. The van der Waals surface area contributed by atoms with Crippen molar-refractivity contribution in [2.24, 2.45) is 0 Å². The van der Waals surface area contributed by atoms with Gasteiger partial charge >= 0.3 is 0 Å². The monoisotopic (exact) mass is 317 g/mol. The van der Waals surface area contributed by atoms with E-state index in [-0.39, 0.29) is 17.6 Å². The molecule has 21 heavy (non-hydrogen) atoms. The lowest BCUT2D eigenvalue weighted by atomic mass is 10.1. The second kappa shape index (κ2) is 6.45. The predicted molar refractivity (Wildman–Crippen MR) is 86.0 cm³/mol. The molecule has 108 valence electrons. The molecule has 1 aliphatic rings. The van der Waals surface area contributed by atoms with Crippen LogP contribution < -0.4 is 5.32 Å². The van der Waals surface area contributed by atoms with Crippen molar-refractivity contribution < 1.29 is 9.59 Å². The molecule has 0 spiro atoms. The number of benzene rings is 1. The van der Waals surface area contributed by atoms with Crippen LogP contribution in [0, 0.1) is 0 Å². The maximum atomic E-state index is 11.8. The first-order chi connectivity index (χ1) is 10.2. The second-order valence-electron chi connectivity index (χ2n) is 4.93. The van der Waals surface area contributed by atoms with E-state index in [1.165, 1.54) is 40.6 Å². The minimum atomic E-state index is -0.315. The van der Waals surface area contributed by atoms with Gasteiger partial charge in [0.05, 0.1) is 10.6 Å². The number of nitrogens with one attached hydrogen (secondary N) is 1. The minimum Gasteiger partial charge on any atom is -0.291 e. The zero-order valence-electron chi connectivity index (χ0n) is 11.4. The van der Waals surface area contributed by atoms with Gasteiger partial charge in [-0.2, -0.15) is 0 Å². The number of hydrogen-bond donors (Lipinski definition) is 1. The molecule has 3 nitrogen and oxygen atoms in total. The number of imide groups is 1. The molecule has 0 unspecified atom stereocenters. The first-order valence-electron chi connectivity index (χ1n) is 6.84. The van der Waals surface area contributed by atoms with Gasteiger partial charge in [0.2, 0.25) is 5.91 Å². The van der Waals surface area contributed by atoms with Crippen LogP contribution in [0.1, 0.15) is 27.2 Å². The summed E-state index contributed by atoms with van der Waals surface area (Å²) in [6.07, 6.45) is 3.52. The van der Waals surface area contributed by atoms with Crippen molar-refractivity contribution >= 4 is 34.9 Å². The molecule has 0 atom stereocenters. The summed E-state index contributed by atoms with van der Waals surface area (Å²) in [7, 11) is 0. The molecule has 0 aliphatic heterocycles. The van der Waals surface area contributed by atoms with E-state index < -0.39 is 0 Å². The molecule has 1 N–H and O–H groups in total. The SMILES string of the molecule is O=C(CSc1ccc2c(c1)CCC2)NC(=O)c1cccs1. The largest absolute Gasteiger partial charge is 0.291 e. The van der Waals surface area contributed by atoms with Gasteiger partial charge in [0.15, 0.2) is 0 Å². The molecular weight excluding hydrogens is 302 g/mol. The molecule has 1 heterocycles. The van der Waals surface area contributed by atoms with Gasteiger partial charge in [0.25, 0.3) is 5.91 Å². The normalized spacial score (nSPS) is 13.0.